The number of aromatic hydroxyl groups is 1. The number of benzene rings is 1. The lowest BCUT2D eigenvalue weighted by molar-refractivity contribution is 0.168. The minimum Gasteiger partial charge on any atom is -0.508 e. The number of hydrogen-bond acceptors (Lipinski definition) is 3. The molecule has 90 valence electrons. The van der Waals surface area contributed by atoms with Gasteiger partial charge in [0.05, 0.1) is 6.61 Å². The van der Waals surface area contributed by atoms with E-state index in [9.17, 15) is 10.2 Å². The first-order valence-corrected chi connectivity index (χ1v) is 5.72. The minimum atomic E-state index is -0.325. The topological polar surface area (TPSA) is 52.5 Å². The van der Waals surface area contributed by atoms with Crippen LogP contribution in [0.3, 0.4) is 0 Å². The zero-order chi connectivity index (χ0) is 12.2. The van der Waals surface area contributed by atoms with Gasteiger partial charge in [-0.3, -0.25) is 0 Å². The van der Waals surface area contributed by atoms with Crippen LogP contribution < -0.4 is 5.32 Å². The molecule has 1 rings (SSSR count). The zero-order valence-electron chi connectivity index (χ0n) is 9.63. The molecule has 1 unspecified atom stereocenters. The van der Waals surface area contributed by atoms with Gasteiger partial charge in [-0.15, -0.1) is 0 Å². The number of aliphatic hydroxyl groups excluding tert-OH is 1. The van der Waals surface area contributed by atoms with E-state index in [2.05, 4.69) is 5.32 Å². The highest BCUT2D eigenvalue weighted by molar-refractivity contribution is 6.30. The van der Waals surface area contributed by atoms with E-state index >= 15 is 0 Å². The van der Waals surface area contributed by atoms with Crippen molar-refractivity contribution in [3.8, 4) is 5.75 Å². The smallest absolute Gasteiger partial charge is 0.120 e. The Kier molecular flexibility index (Phi) is 4.59. The predicted molar refractivity (Wildman–Crippen MR) is 65.7 cm³/mol. The monoisotopic (exact) mass is 243 g/mol. The maximum atomic E-state index is 9.62. The van der Waals surface area contributed by atoms with Crippen molar-refractivity contribution in [2.75, 3.05) is 6.61 Å². The predicted octanol–water partition coefficient (Wildman–Crippen LogP) is 2.30. The Hall–Kier alpha value is -0.770. The van der Waals surface area contributed by atoms with Gasteiger partial charge in [0.2, 0.25) is 0 Å². The summed E-state index contributed by atoms with van der Waals surface area (Å²) in [5.41, 5.74) is 0.412. The van der Waals surface area contributed by atoms with E-state index in [1.807, 2.05) is 13.8 Å². The van der Waals surface area contributed by atoms with Crippen LogP contribution in [0.25, 0.3) is 0 Å². The lowest BCUT2D eigenvalue weighted by Crippen LogP contribution is -2.44. The van der Waals surface area contributed by atoms with Crippen molar-refractivity contribution in [2.45, 2.75) is 32.4 Å². The third kappa shape index (κ3) is 3.37. The number of hydrogen-bond donors (Lipinski definition) is 3. The Morgan fingerprint density at radius 3 is 2.69 bits per heavy atom. The van der Waals surface area contributed by atoms with E-state index in [-0.39, 0.29) is 17.9 Å². The average molecular weight is 244 g/mol. The van der Waals surface area contributed by atoms with E-state index in [0.717, 1.165) is 12.0 Å². The maximum Gasteiger partial charge on any atom is 0.120 e. The molecule has 0 aliphatic carbocycles. The summed E-state index contributed by atoms with van der Waals surface area (Å²) in [7, 11) is 0. The molecule has 4 heteroatoms. The first-order valence-electron chi connectivity index (χ1n) is 5.34. The highest BCUT2D eigenvalue weighted by atomic mass is 35.5. The van der Waals surface area contributed by atoms with Gasteiger partial charge in [-0.25, -0.2) is 0 Å². The molecular weight excluding hydrogens is 226 g/mol. The molecule has 0 fully saturated rings. The molecule has 0 radical (unpaired) electrons. The fourth-order valence-electron chi connectivity index (χ4n) is 1.30. The molecule has 16 heavy (non-hydrogen) atoms. The summed E-state index contributed by atoms with van der Waals surface area (Å²) in [5.74, 6) is 0.216. The fraction of sp³-hybridized carbons (Fsp3) is 0.500. The van der Waals surface area contributed by atoms with E-state index in [0.29, 0.717) is 11.6 Å². The summed E-state index contributed by atoms with van der Waals surface area (Å²) in [6.45, 7) is 4.48. The molecule has 0 heterocycles. The maximum absolute atomic E-state index is 9.62. The number of rotatable bonds is 5. The minimum absolute atomic E-state index is 0.0603. The molecule has 3 N–H and O–H groups in total. The van der Waals surface area contributed by atoms with Crippen LogP contribution in [-0.4, -0.2) is 22.4 Å². The van der Waals surface area contributed by atoms with Crippen molar-refractivity contribution in [1.82, 2.24) is 5.32 Å². The summed E-state index contributed by atoms with van der Waals surface area (Å²) < 4.78 is 0. The number of phenols is 1. The van der Waals surface area contributed by atoms with Gasteiger partial charge in [-0.2, -0.15) is 0 Å². The lowest BCUT2D eigenvalue weighted by atomic mass is 10.00. The Labute approximate surface area is 101 Å². The molecule has 0 aliphatic heterocycles. The Morgan fingerprint density at radius 2 is 2.12 bits per heavy atom. The summed E-state index contributed by atoms with van der Waals surface area (Å²) in [6.07, 6.45) is 0.810. The van der Waals surface area contributed by atoms with Crippen molar-refractivity contribution >= 4 is 11.6 Å². The van der Waals surface area contributed by atoms with E-state index < -0.39 is 0 Å². The zero-order valence-corrected chi connectivity index (χ0v) is 10.4. The number of phenolic OH excluding ortho intramolecular Hbond substituents is 1. The number of aliphatic hydroxyl groups is 1. The highest BCUT2D eigenvalue weighted by Crippen LogP contribution is 2.22. The highest BCUT2D eigenvalue weighted by Gasteiger charge is 2.20. The van der Waals surface area contributed by atoms with Crippen LogP contribution in [0.15, 0.2) is 18.2 Å². The molecule has 0 aromatic heterocycles. The van der Waals surface area contributed by atoms with Gasteiger partial charge in [0, 0.05) is 22.7 Å². The average Bonchev–Trinajstić information content (AvgIpc) is 2.30. The van der Waals surface area contributed by atoms with Gasteiger partial charge in [0.15, 0.2) is 0 Å². The van der Waals surface area contributed by atoms with Crippen LogP contribution in [0.2, 0.25) is 5.02 Å². The Morgan fingerprint density at radius 1 is 1.44 bits per heavy atom. The van der Waals surface area contributed by atoms with Crippen LogP contribution >= 0.6 is 11.6 Å². The van der Waals surface area contributed by atoms with Gasteiger partial charge in [-0.1, -0.05) is 18.5 Å². The normalized spacial score (nSPS) is 14.8. The van der Waals surface area contributed by atoms with Gasteiger partial charge in [0.1, 0.15) is 5.75 Å². The number of nitrogens with one attached hydrogen (secondary N) is 1. The van der Waals surface area contributed by atoms with Crippen LogP contribution in [0.4, 0.5) is 0 Å². The molecular formula is C12H18ClNO2. The SMILES string of the molecule is CCC(C)(CO)NCc1cc(Cl)ccc1O. The molecule has 0 saturated heterocycles. The summed E-state index contributed by atoms with van der Waals surface area (Å²) in [5, 5.41) is 22.7. The van der Waals surface area contributed by atoms with Crippen LogP contribution in [0, 0.1) is 0 Å². The van der Waals surface area contributed by atoms with Gasteiger partial charge in [-0.05, 0) is 31.5 Å². The largest absolute Gasteiger partial charge is 0.508 e. The summed E-state index contributed by atoms with van der Waals surface area (Å²) >= 11 is 5.85. The molecule has 1 aromatic carbocycles. The van der Waals surface area contributed by atoms with Crippen LogP contribution in [0.5, 0.6) is 5.75 Å². The van der Waals surface area contributed by atoms with Gasteiger partial charge in [0.25, 0.3) is 0 Å². The molecule has 0 amide bonds. The standard InChI is InChI=1S/C12H18ClNO2/c1-3-12(2,8-15)14-7-9-6-10(13)4-5-11(9)16/h4-6,14-16H,3,7-8H2,1-2H3. The van der Waals surface area contributed by atoms with E-state index in [1.165, 1.54) is 0 Å². The Bertz CT molecular complexity index is 351. The molecule has 1 atom stereocenters. The lowest BCUT2D eigenvalue weighted by Gasteiger charge is -2.27. The fourth-order valence-corrected chi connectivity index (χ4v) is 1.49. The van der Waals surface area contributed by atoms with Crippen molar-refractivity contribution in [3.05, 3.63) is 28.8 Å². The first-order chi connectivity index (χ1) is 7.50. The van der Waals surface area contributed by atoms with Crippen LogP contribution in [-0.2, 0) is 6.54 Å². The molecule has 0 saturated carbocycles. The molecule has 0 bridgehead atoms. The Balaban J connectivity index is 2.70. The van der Waals surface area contributed by atoms with Crippen molar-refractivity contribution in [1.29, 1.82) is 0 Å². The second-order valence-corrected chi connectivity index (χ2v) is 4.64. The van der Waals surface area contributed by atoms with Crippen molar-refractivity contribution in [2.24, 2.45) is 0 Å². The molecule has 0 aliphatic rings. The van der Waals surface area contributed by atoms with Gasteiger partial charge >= 0.3 is 0 Å². The van der Waals surface area contributed by atoms with Crippen molar-refractivity contribution in [3.63, 3.8) is 0 Å². The third-order valence-electron chi connectivity index (χ3n) is 2.88. The van der Waals surface area contributed by atoms with Gasteiger partial charge < -0.3 is 15.5 Å². The second-order valence-electron chi connectivity index (χ2n) is 4.20. The molecule has 1 aromatic rings. The number of halogens is 1. The summed E-state index contributed by atoms with van der Waals surface area (Å²) in [6, 6.07) is 4.93. The second kappa shape index (κ2) is 5.53. The first kappa shape index (κ1) is 13.3. The molecule has 0 spiro atoms. The van der Waals surface area contributed by atoms with E-state index in [4.69, 9.17) is 11.6 Å². The quantitative estimate of drug-likeness (QED) is 0.744. The molecule has 3 nitrogen and oxygen atoms in total. The third-order valence-corrected chi connectivity index (χ3v) is 3.11. The summed E-state index contributed by atoms with van der Waals surface area (Å²) in [4.78, 5) is 0. The van der Waals surface area contributed by atoms with Crippen LogP contribution in [0.1, 0.15) is 25.8 Å². The van der Waals surface area contributed by atoms with E-state index in [1.54, 1.807) is 18.2 Å². The van der Waals surface area contributed by atoms with Crippen molar-refractivity contribution < 1.29 is 10.2 Å².